The van der Waals surface area contributed by atoms with Gasteiger partial charge in [0.2, 0.25) is 5.92 Å². The van der Waals surface area contributed by atoms with Gasteiger partial charge < -0.3 is 10.6 Å². The zero-order valence-electron chi connectivity index (χ0n) is 11.3. The molecule has 1 fully saturated rings. The van der Waals surface area contributed by atoms with Crippen LogP contribution in [0, 0.1) is 5.92 Å². The molecule has 0 saturated heterocycles. The number of hydrogen-bond acceptors (Lipinski definition) is 2. The van der Waals surface area contributed by atoms with Crippen LogP contribution in [-0.4, -0.2) is 31.1 Å². The summed E-state index contributed by atoms with van der Waals surface area (Å²) in [6.45, 7) is 9.11. The summed E-state index contributed by atoms with van der Waals surface area (Å²) in [5.41, 5.74) is 0.147. The van der Waals surface area contributed by atoms with E-state index in [1.54, 1.807) is 0 Å². The molecule has 0 aromatic heterocycles. The number of nitrogens with one attached hydrogen (secondary N) is 2. The van der Waals surface area contributed by atoms with Crippen molar-refractivity contribution in [3.8, 4) is 0 Å². The maximum Gasteiger partial charge on any atom is 0.248 e. The first-order chi connectivity index (χ1) is 7.79. The maximum absolute atomic E-state index is 12.9. The van der Waals surface area contributed by atoms with Gasteiger partial charge in [0.15, 0.2) is 0 Å². The number of rotatable bonds is 5. The van der Waals surface area contributed by atoms with E-state index in [9.17, 15) is 8.78 Å². The Morgan fingerprint density at radius 3 is 2.24 bits per heavy atom. The minimum Gasteiger partial charge on any atom is -0.315 e. The molecule has 1 saturated carbocycles. The van der Waals surface area contributed by atoms with Gasteiger partial charge in [0.1, 0.15) is 0 Å². The fourth-order valence-corrected chi connectivity index (χ4v) is 2.14. The van der Waals surface area contributed by atoms with Crippen LogP contribution in [0.25, 0.3) is 0 Å². The van der Waals surface area contributed by atoms with Gasteiger partial charge in [0, 0.05) is 31.5 Å². The van der Waals surface area contributed by atoms with Crippen molar-refractivity contribution >= 4 is 0 Å². The van der Waals surface area contributed by atoms with E-state index >= 15 is 0 Å². The van der Waals surface area contributed by atoms with E-state index in [1.807, 2.05) is 0 Å². The average Bonchev–Trinajstić information content (AvgIpc) is 2.18. The Morgan fingerprint density at radius 1 is 1.12 bits per heavy atom. The Bertz CT molecular complexity index is 214. The highest BCUT2D eigenvalue weighted by molar-refractivity contribution is 4.78. The van der Waals surface area contributed by atoms with E-state index in [2.05, 4.69) is 31.4 Å². The molecule has 0 radical (unpaired) electrons. The third kappa shape index (κ3) is 6.94. The molecule has 0 bridgehead atoms. The van der Waals surface area contributed by atoms with Crippen molar-refractivity contribution in [1.82, 2.24) is 10.6 Å². The lowest BCUT2D eigenvalue weighted by Crippen LogP contribution is -2.41. The largest absolute Gasteiger partial charge is 0.315 e. The van der Waals surface area contributed by atoms with E-state index in [1.165, 1.54) is 0 Å². The number of hydrogen-bond donors (Lipinski definition) is 2. The molecule has 0 spiro atoms. The normalized spacial score (nSPS) is 21.7. The lowest BCUT2D eigenvalue weighted by atomic mass is 9.87. The van der Waals surface area contributed by atoms with Crippen molar-refractivity contribution in [3.63, 3.8) is 0 Å². The highest BCUT2D eigenvalue weighted by atomic mass is 19.3. The summed E-state index contributed by atoms with van der Waals surface area (Å²) in [6.07, 6.45) is 1.46. The van der Waals surface area contributed by atoms with E-state index < -0.39 is 5.92 Å². The van der Waals surface area contributed by atoms with Gasteiger partial charge in [-0.05, 0) is 46.1 Å². The van der Waals surface area contributed by atoms with Crippen LogP contribution in [0.1, 0.15) is 46.5 Å². The van der Waals surface area contributed by atoms with E-state index in [-0.39, 0.29) is 18.4 Å². The Labute approximate surface area is 104 Å². The molecule has 0 amide bonds. The fraction of sp³-hybridized carbons (Fsp3) is 1.00. The molecule has 17 heavy (non-hydrogen) atoms. The molecule has 0 unspecified atom stereocenters. The van der Waals surface area contributed by atoms with E-state index in [0.29, 0.717) is 18.8 Å². The van der Waals surface area contributed by atoms with Gasteiger partial charge in [-0.15, -0.1) is 0 Å². The molecule has 1 aliphatic rings. The van der Waals surface area contributed by atoms with Crippen molar-refractivity contribution in [2.75, 3.05) is 19.6 Å². The third-order valence-electron chi connectivity index (χ3n) is 3.23. The van der Waals surface area contributed by atoms with E-state index in [0.717, 1.165) is 19.6 Å². The van der Waals surface area contributed by atoms with Gasteiger partial charge in [0.25, 0.3) is 0 Å². The maximum atomic E-state index is 12.9. The van der Waals surface area contributed by atoms with Crippen molar-refractivity contribution in [3.05, 3.63) is 0 Å². The zero-order valence-corrected chi connectivity index (χ0v) is 11.3. The summed E-state index contributed by atoms with van der Waals surface area (Å²) in [6, 6.07) is 0. The highest BCUT2D eigenvalue weighted by Gasteiger charge is 2.34. The first-order valence-corrected chi connectivity index (χ1v) is 6.62. The van der Waals surface area contributed by atoms with Crippen LogP contribution in [-0.2, 0) is 0 Å². The van der Waals surface area contributed by atoms with E-state index in [4.69, 9.17) is 0 Å². The quantitative estimate of drug-likeness (QED) is 0.731. The molecule has 0 aromatic carbocycles. The molecular formula is C13H26F2N2. The predicted molar refractivity (Wildman–Crippen MR) is 67.5 cm³/mol. The second-order valence-electron chi connectivity index (χ2n) is 6.18. The fourth-order valence-electron chi connectivity index (χ4n) is 2.14. The first-order valence-electron chi connectivity index (χ1n) is 6.62. The molecule has 0 heterocycles. The molecule has 0 aromatic rings. The molecule has 0 aliphatic heterocycles. The summed E-state index contributed by atoms with van der Waals surface area (Å²) >= 11 is 0. The van der Waals surface area contributed by atoms with Crippen LogP contribution < -0.4 is 10.6 Å². The molecule has 4 heteroatoms. The van der Waals surface area contributed by atoms with Gasteiger partial charge >= 0.3 is 0 Å². The standard InChI is InChI=1S/C13H26F2N2/c1-12(2,3)17-9-8-16-10-11-4-6-13(14,15)7-5-11/h11,16-17H,4-10H2,1-3H3. The number of alkyl halides is 2. The van der Waals surface area contributed by atoms with Gasteiger partial charge in [0.05, 0.1) is 0 Å². The van der Waals surface area contributed by atoms with Gasteiger partial charge in [-0.1, -0.05) is 0 Å². The molecule has 102 valence electrons. The Hall–Kier alpha value is -0.220. The van der Waals surface area contributed by atoms with Crippen molar-refractivity contribution < 1.29 is 8.78 Å². The predicted octanol–water partition coefficient (Wildman–Crippen LogP) is 2.79. The molecular weight excluding hydrogens is 222 g/mol. The Morgan fingerprint density at radius 2 is 1.71 bits per heavy atom. The summed E-state index contributed by atoms with van der Waals surface area (Å²) < 4.78 is 25.8. The molecule has 1 aliphatic carbocycles. The van der Waals surface area contributed by atoms with Crippen LogP contribution in [0.15, 0.2) is 0 Å². The summed E-state index contributed by atoms with van der Waals surface area (Å²) in [4.78, 5) is 0. The van der Waals surface area contributed by atoms with Gasteiger partial charge in [-0.25, -0.2) is 8.78 Å². The molecule has 2 nitrogen and oxygen atoms in total. The summed E-state index contributed by atoms with van der Waals surface area (Å²) in [7, 11) is 0. The lowest BCUT2D eigenvalue weighted by molar-refractivity contribution is -0.0454. The van der Waals surface area contributed by atoms with Crippen molar-refractivity contribution in [2.24, 2.45) is 5.92 Å². The minimum absolute atomic E-state index is 0.0690. The molecule has 0 atom stereocenters. The molecule has 2 N–H and O–H groups in total. The monoisotopic (exact) mass is 248 g/mol. The zero-order chi connectivity index (χ0) is 12.9. The lowest BCUT2D eigenvalue weighted by Gasteiger charge is -2.28. The molecule has 1 rings (SSSR count). The van der Waals surface area contributed by atoms with Crippen molar-refractivity contribution in [2.45, 2.75) is 57.9 Å². The SMILES string of the molecule is CC(C)(C)NCCNCC1CCC(F)(F)CC1. The van der Waals surface area contributed by atoms with Crippen LogP contribution in [0.2, 0.25) is 0 Å². The Balaban J connectivity index is 2.01. The summed E-state index contributed by atoms with van der Waals surface area (Å²) in [5, 5.41) is 6.74. The van der Waals surface area contributed by atoms with Gasteiger partial charge in [-0.3, -0.25) is 0 Å². The van der Waals surface area contributed by atoms with Gasteiger partial charge in [-0.2, -0.15) is 0 Å². The number of halogens is 2. The van der Waals surface area contributed by atoms with Crippen LogP contribution in [0.5, 0.6) is 0 Å². The second kappa shape index (κ2) is 6.10. The smallest absolute Gasteiger partial charge is 0.248 e. The topological polar surface area (TPSA) is 24.1 Å². The first kappa shape index (κ1) is 14.8. The third-order valence-corrected chi connectivity index (χ3v) is 3.23. The Kier molecular flexibility index (Phi) is 5.32. The van der Waals surface area contributed by atoms with Crippen LogP contribution in [0.3, 0.4) is 0 Å². The van der Waals surface area contributed by atoms with Crippen LogP contribution in [0.4, 0.5) is 8.78 Å². The van der Waals surface area contributed by atoms with Crippen LogP contribution >= 0.6 is 0 Å². The second-order valence-corrected chi connectivity index (χ2v) is 6.18. The highest BCUT2D eigenvalue weighted by Crippen LogP contribution is 2.35. The summed E-state index contributed by atoms with van der Waals surface area (Å²) in [5.74, 6) is -1.96. The van der Waals surface area contributed by atoms with Crippen molar-refractivity contribution in [1.29, 1.82) is 0 Å². The minimum atomic E-state index is -2.40. The average molecular weight is 248 g/mol.